The maximum Gasteiger partial charge on any atom is 0.357 e. The number of halogens is 1. The molecule has 0 aliphatic carbocycles. The number of carbonyl (C=O) groups is 1. The fourth-order valence-electron chi connectivity index (χ4n) is 2.54. The lowest BCUT2D eigenvalue weighted by atomic mass is 10.3. The van der Waals surface area contributed by atoms with Crippen molar-refractivity contribution in [1.82, 2.24) is 29.2 Å². The standard InChI is InChI=1S/C12H14BrN7O5S/c1-17-7-8(6-14-17)26(24,25)19-4-2-18(3-5-19)12(21)10-9(13)11(16-15-10)20(22)23/h6-7H,2-5H2,1H3,(H,15,16). The van der Waals surface area contributed by atoms with Gasteiger partial charge in [-0.2, -0.15) is 9.40 Å². The Hall–Kier alpha value is -2.32. The molecule has 140 valence electrons. The summed E-state index contributed by atoms with van der Waals surface area (Å²) in [5, 5.41) is 20.6. The lowest BCUT2D eigenvalue weighted by Gasteiger charge is -2.33. The fraction of sp³-hybridized carbons (Fsp3) is 0.417. The van der Waals surface area contributed by atoms with Crippen molar-refractivity contribution in [2.45, 2.75) is 4.90 Å². The van der Waals surface area contributed by atoms with Gasteiger partial charge in [0.2, 0.25) is 10.0 Å². The second-order valence-electron chi connectivity index (χ2n) is 5.54. The zero-order valence-electron chi connectivity index (χ0n) is 13.5. The normalized spacial score (nSPS) is 16.0. The Kier molecular flexibility index (Phi) is 4.81. The smallest absolute Gasteiger partial charge is 0.357 e. The molecule has 0 spiro atoms. The van der Waals surface area contributed by atoms with Crippen LogP contribution in [0.2, 0.25) is 0 Å². The first kappa shape index (κ1) is 18.5. The number of nitro groups is 1. The first-order chi connectivity index (χ1) is 12.2. The van der Waals surface area contributed by atoms with E-state index in [1.807, 2.05) is 0 Å². The summed E-state index contributed by atoms with van der Waals surface area (Å²) in [5.41, 5.74) is -0.111. The van der Waals surface area contributed by atoms with Crippen LogP contribution in [-0.4, -0.2) is 74.6 Å². The predicted octanol–water partition coefficient (Wildman–Crippen LogP) is -0.0394. The van der Waals surface area contributed by atoms with E-state index >= 15 is 0 Å². The molecule has 2 aromatic rings. The number of piperazine rings is 1. The van der Waals surface area contributed by atoms with Gasteiger partial charge in [0.1, 0.15) is 9.37 Å². The number of nitrogens with one attached hydrogen (secondary N) is 1. The highest BCUT2D eigenvalue weighted by Gasteiger charge is 2.34. The number of aryl methyl sites for hydroxylation is 1. The lowest BCUT2D eigenvalue weighted by molar-refractivity contribution is -0.390. The molecule has 26 heavy (non-hydrogen) atoms. The maximum absolute atomic E-state index is 12.5. The van der Waals surface area contributed by atoms with E-state index in [1.165, 1.54) is 26.3 Å². The summed E-state index contributed by atoms with van der Waals surface area (Å²) < 4.78 is 27.7. The second-order valence-corrected chi connectivity index (χ2v) is 8.27. The van der Waals surface area contributed by atoms with E-state index in [4.69, 9.17) is 0 Å². The van der Waals surface area contributed by atoms with Crippen molar-refractivity contribution in [3.8, 4) is 0 Å². The number of rotatable bonds is 4. The quantitative estimate of drug-likeness (QED) is 0.510. The van der Waals surface area contributed by atoms with Gasteiger partial charge in [0.25, 0.3) is 5.91 Å². The fourth-order valence-corrected chi connectivity index (χ4v) is 4.44. The molecule has 1 N–H and O–H groups in total. The van der Waals surface area contributed by atoms with E-state index in [9.17, 15) is 23.3 Å². The van der Waals surface area contributed by atoms with Crippen molar-refractivity contribution in [3.05, 3.63) is 32.7 Å². The average molecular weight is 448 g/mol. The van der Waals surface area contributed by atoms with Crippen LogP contribution >= 0.6 is 15.9 Å². The minimum absolute atomic E-state index is 0.0297. The number of amides is 1. The lowest BCUT2D eigenvalue weighted by Crippen LogP contribution is -2.50. The van der Waals surface area contributed by atoms with E-state index in [-0.39, 0.29) is 41.2 Å². The molecular formula is C12H14BrN7O5S. The van der Waals surface area contributed by atoms with Gasteiger partial charge >= 0.3 is 5.82 Å². The Morgan fingerprint density at radius 1 is 1.35 bits per heavy atom. The van der Waals surface area contributed by atoms with Gasteiger partial charge in [0, 0.05) is 39.4 Å². The van der Waals surface area contributed by atoms with Crippen LogP contribution in [0.25, 0.3) is 0 Å². The first-order valence-corrected chi connectivity index (χ1v) is 9.61. The van der Waals surface area contributed by atoms with Gasteiger partial charge in [-0.15, -0.1) is 5.10 Å². The molecule has 0 unspecified atom stereocenters. The Bertz CT molecular complexity index is 961. The van der Waals surface area contributed by atoms with Crippen LogP contribution in [-0.2, 0) is 17.1 Å². The molecule has 1 saturated heterocycles. The summed E-state index contributed by atoms with van der Waals surface area (Å²) in [4.78, 5) is 24.1. The number of H-pyrrole nitrogens is 1. The Labute approximate surface area is 156 Å². The number of hydrogen-bond donors (Lipinski definition) is 1. The predicted molar refractivity (Wildman–Crippen MR) is 90.8 cm³/mol. The summed E-state index contributed by atoms with van der Waals surface area (Å²) >= 11 is 3.00. The van der Waals surface area contributed by atoms with E-state index in [2.05, 4.69) is 31.2 Å². The zero-order valence-corrected chi connectivity index (χ0v) is 15.9. The van der Waals surface area contributed by atoms with Gasteiger partial charge in [0.05, 0.1) is 6.20 Å². The molecule has 1 aliphatic heterocycles. The van der Waals surface area contributed by atoms with Crippen LogP contribution < -0.4 is 0 Å². The molecule has 0 radical (unpaired) electrons. The summed E-state index contributed by atoms with van der Waals surface area (Å²) in [7, 11) is -2.06. The Balaban J connectivity index is 1.70. The number of carbonyl (C=O) groups excluding carboxylic acids is 1. The molecule has 1 aliphatic rings. The van der Waals surface area contributed by atoms with Crippen LogP contribution in [0.3, 0.4) is 0 Å². The van der Waals surface area contributed by atoms with E-state index in [0.717, 1.165) is 0 Å². The highest BCUT2D eigenvalue weighted by Crippen LogP contribution is 2.27. The number of hydrogen-bond acceptors (Lipinski definition) is 7. The molecule has 0 atom stereocenters. The van der Waals surface area contributed by atoms with Gasteiger partial charge in [0.15, 0.2) is 5.69 Å². The minimum Gasteiger partial charge on any atom is -0.358 e. The number of nitrogens with zero attached hydrogens (tertiary/aromatic N) is 6. The number of sulfonamides is 1. The summed E-state index contributed by atoms with van der Waals surface area (Å²) in [6.45, 7) is 0.497. The van der Waals surface area contributed by atoms with Crippen molar-refractivity contribution in [3.63, 3.8) is 0 Å². The third kappa shape index (κ3) is 3.22. The minimum atomic E-state index is -3.68. The van der Waals surface area contributed by atoms with Crippen molar-refractivity contribution in [1.29, 1.82) is 0 Å². The molecule has 3 heterocycles. The van der Waals surface area contributed by atoms with Crippen LogP contribution in [0, 0.1) is 10.1 Å². The molecule has 0 aromatic carbocycles. The highest BCUT2D eigenvalue weighted by molar-refractivity contribution is 9.10. The van der Waals surface area contributed by atoms with Crippen molar-refractivity contribution < 1.29 is 18.1 Å². The van der Waals surface area contributed by atoms with Gasteiger partial charge in [-0.3, -0.25) is 9.48 Å². The van der Waals surface area contributed by atoms with Crippen molar-refractivity contribution >= 4 is 37.7 Å². The largest absolute Gasteiger partial charge is 0.358 e. The first-order valence-electron chi connectivity index (χ1n) is 7.38. The molecule has 0 bridgehead atoms. The summed E-state index contributed by atoms with van der Waals surface area (Å²) in [6.07, 6.45) is 2.68. The highest BCUT2D eigenvalue weighted by atomic mass is 79.9. The van der Waals surface area contributed by atoms with Gasteiger partial charge in [-0.1, -0.05) is 5.10 Å². The van der Waals surface area contributed by atoms with Gasteiger partial charge in [-0.25, -0.2) is 8.42 Å². The van der Waals surface area contributed by atoms with Crippen LogP contribution in [0.1, 0.15) is 10.5 Å². The van der Waals surface area contributed by atoms with Crippen LogP contribution in [0.4, 0.5) is 5.82 Å². The summed E-state index contributed by atoms with van der Waals surface area (Å²) in [6, 6.07) is 0. The molecule has 3 rings (SSSR count). The van der Waals surface area contributed by atoms with E-state index in [0.29, 0.717) is 0 Å². The second kappa shape index (κ2) is 6.77. The molecule has 0 saturated carbocycles. The van der Waals surface area contributed by atoms with Crippen LogP contribution in [0.15, 0.2) is 21.8 Å². The molecular weight excluding hydrogens is 434 g/mol. The monoisotopic (exact) mass is 447 g/mol. The average Bonchev–Trinajstić information content (AvgIpc) is 3.20. The zero-order chi connectivity index (χ0) is 19.1. The van der Waals surface area contributed by atoms with Gasteiger partial charge in [-0.05, 0) is 20.9 Å². The Morgan fingerprint density at radius 2 is 2.00 bits per heavy atom. The van der Waals surface area contributed by atoms with Gasteiger partial charge < -0.3 is 15.0 Å². The molecule has 2 aromatic heterocycles. The third-order valence-corrected chi connectivity index (χ3v) is 6.52. The maximum atomic E-state index is 12.5. The number of aromatic nitrogens is 4. The molecule has 1 amide bonds. The van der Waals surface area contributed by atoms with Crippen molar-refractivity contribution in [2.75, 3.05) is 26.2 Å². The van der Waals surface area contributed by atoms with E-state index < -0.39 is 26.7 Å². The summed E-state index contributed by atoms with van der Waals surface area (Å²) in [5.74, 6) is -0.925. The molecule has 14 heteroatoms. The topological polar surface area (TPSA) is 147 Å². The van der Waals surface area contributed by atoms with Crippen molar-refractivity contribution in [2.24, 2.45) is 7.05 Å². The third-order valence-electron chi connectivity index (χ3n) is 3.92. The number of aromatic amines is 1. The SMILES string of the molecule is Cn1cc(S(=O)(=O)N2CCN(C(=O)c3n[nH]c([N+](=O)[O-])c3Br)CC2)cn1. The van der Waals surface area contributed by atoms with E-state index in [1.54, 1.807) is 7.05 Å². The molecule has 12 nitrogen and oxygen atoms in total. The van der Waals surface area contributed by atoms with Crippen LogP contribution in [0.5, 0.6) is 0 Å². The Morgan fingerprint density at radius 3 is 2.50 bits per heavy atom. The molecule has 1 fully saturated rings.